The van der Waals surface area contributed by atoms with E-state index in [0.29, 0.717) is 23.4 Å². The minimum atomic E-state index is -0.502. The monoisotopic (exact) mass is 376 g/mol. The first-order valence-electron chi connectivity index (χ1n) is 9.07. The standard InChI is InChI=1S/C23H24N2O3/c1-16-21(23(27)28-4)20(14-17-10-12-19(13-11-17)24(2)3)22(26)25(16)15-18-8-6-5-7-9-18/h5-14H,15H2,1-4H3/b20-14-. The number of allylic oxidation sites excluding steroid dienone is 1. The lowest BCUT2D eigenvalue weighted by molar-refractivity contribution is -0.136. The molecule has 3 rings (SSSR count). The Morgan fingerprint density at radius 3 is 2.29 bits per heavy atom. The first kappa shape index (κ1) is 19.4. The fourth-order valence-electron chi connectivity index (χ4n) is 3.22. The molecular weight excluding hydrogens is 352 g/mol. The van der Waals surface area contributed by atoms with Crippen LogP contribution in [0.15, 0.2) is 71.4 Å². The van der Waals surface area contributed by atoms with Crippen molar-refractivity contribution in [2.45, 2.75) is 13.5 Å². The van der Waals surface area contributed by atoms with Crippen LogP contribution in [0.1, 0.15) is 18.1 Å². The summed E-state index contributed by atoms with van der Waals surface area (Å²) in [5.74, 6) is -0.698. The molecule has 5 nitrogen and oxygen atoms in total. The zero-order chi connectivity index (χ0) is 20.3. The molecule has 0 radical (unpaired) electrons. The van der Waals surface area contributed by atoms with Gasteiger partial charge in [0.05, 0.1) is 24.8 Å². The largest absolute Gasteiger partial charge is 0.465 e. The summed E-state index contributed by atoms with van der Waals surface area (Å²) in [5, 5.41) is 0. The average molecular weight is 376 g/mol. The van der Waals surface area contributed by atoms with E-state index in [2.05, 4.69) is 0 Å². The molecule has 0 bridgehead atoms. The molecule has 144 valence electrons. The highest BCUT2D eigenvalue weighted by molar-refractivity contribution is 6.16. The van der Waals surface area contributed by atoms with Crippen molar-refractivity contribution < 1.29 is 14.3 Å². The van der Waals surface area contributed by atoms with Crippen LogP contribution in [-0.2, 0) is 20.9 Å². The van der Waals surface area contributed by atoms with Crippen LogP contribution in [0.3, 0.4) is 0 Å². The van der Waals surface area contributed by atoms with Gasteiger partial charge in [0.25, 0.3) is 5.91 Å². The number of methoxy groups -OCH3 is 1. The molecule has 1 amide bonds. The molecule has 1 aliphatic heterocycles. The number of benzene rings is 2. The van der Waals surface area contributed by atoms with Crippen LogP contribution in [-0.4, -0.2) is 38.0 Å². The molecule has 2 aromatic rings. The zero-order valence-electron chi connectivity index (χ0n) is 16.6. The molecule has 0 saturated heterocycles. The summed E-state index contributed by atoms with van der Waals surface area (Å²) in [4.78, 5) is 29.2. The van der Waals surface area contributed by atoms with Gasteiger partial charge in [0.15, 0.2) is 0 Å². The van der Waals surface area contributed by atoms with Gasteiger partial charge in [-0.1, -0.05) is 42.5 Å². The van der Waals surface area contributed by atoms with E-state index in [4.69, 9.17) is 4.74 Å². The number of anilines is 1. The van der Waals surface area contributed by atoms with Crippen molar-refractivity contribution in [3.05, 3.63) is 82.6 Å². The molecular formula is C23H24N2O3. The third-order valence-corrected chi connectivity index (χ3v) is 4.81. The fraction of sp³-hybridized carbons (Fsp3) is 0.217. The minimum absolute atomic E-state index is 0.196. The maximum Gasteiger partial charge on any atom is 0.340 e. The predicted molar refractivity (Wildman–Crippen MR) is 110 cm³/mol. The topological polar surface area (TPSA) is 49.9 Å². The summed E-state index contributed by atoms with van der Waals surface area (Å²) in [5.41, 5.74) is 4.20. The maximum atomic E-state index is 13.1. The van der Waals surface area contributed by atoms with Gasteiger partial charge in [-0.3, -0.25) is 4.79 Å². The molecule has 1 heterocycles. The highest BCUT2D eigenvalue weighted by Gasteiger charge is 2.36. The number of esters is 1. The second kappa shape index (κ2) is 8.13. The second-order valence-corrected chi connectivity index (χ2v) is 6.87. The summed E-state index contributed by atoms with van der Waals surface area (Å²) < 4.78 is 4.95. The third kappa shape index (κ3) is 3.83. The van der Waals surface area contributed by atoms with Gasteiger partial charge in [0, 0.05) is 25.5 Å². The number of hydrogen-bond acceptors (Lipinski definition) is 4. The van der Waals surface area contributed by atoms with Crippen molar-refractivity contribution in [2.75, 3.05) is 26.1 Å². The van der Waals surface area contributed by atoms with Crippen LogP contribution >= 0.6 is 0 Å². The van der Waals surface area contributed by atoms with Gasteiger partial charge in [-0.25, -0.2) is 4.79 Å². The van der Waals surface area contributed by atoms with E-state index in [-0.39, 0.29) is 5.91 Å². The molecule has 0 spiro atoms. The molecule has 0 aliphatic carbocycles. The van der Waals surface area contributed by atoms with E-state index in [9.17, 15) is 9.59 Å². The quantitative estimate of drug-likeness (QED) is 0.591. The highest BCUT2D eigenvalue weighted by Crippen LogP contribution is 2.33. The van der Waals surface area contributed by atoms with E-state index in [1.165, 1.54) is 7.11 Å². The number of rotatable bonds is 5. The Morgan fingerprint density at radius 2 is 1.71 bits per heavy atom. The number of ether oxygens (including phenoxy) is 1. The minimum Gasteiger partial charge on any atom is -0.465 e. The molecule has 5 heteroatoms. The Hall–Kier alpha value is -3.34. The first-order valence-corrected chi connectivity index (χ1v) is 9.07. The molecule has 0 saturated carbocycles. The molecule has 0 unspecified atom stereocenters. The van der Waals surface area contributed by atoms with Crippen molar-refractivity contribution in [1.29, 1.82) is 0 Å². The van der Waals surface area contributed by atoms with Crippen molar-refractivity contribution >= 4 is 23.6 Å². The summed E-state index contributed by atoms with van der Waals surface area (Å²) in [6.45, 7) is 2.19. The molecule has 0 aromatic heterocycles. The third-order valence-electron chi connectivity index (χ3n) is 4.81. The lowest BCUT2D eigenvalue weighted by atomic mass is 10.0. The summed E-state index contributed by atoms with van der Waals surface area (Å²) in [7, 11) is 5.27. The summed E-state index contributed by atoms with van der Waals surface area (Å²) >= 11 is 0. The first-order chi connectivity index (χ1) is 13.4. The molecule has 1 aliphatic rings. The highest BCUT2D eigenvalue weighted by atomic mass is 16.5. The molecule has 0 atom stereocenters. The van der Waals surface area contributed by atoms with Gasteiger partial charge < -0.3 is 14.5 Å². The molecule has 28 heavy (non-hydrogen) atoms. The Bertz CT molecular complexity index is 942. The van der Waals surface area contributed by atoms with E-state index < -0.39 is 5.97 Å². The lowest BCUT2D eigenvalue weighted by Crippen LogP contribution is -2.24. The smallest absolute Gasteiger partial charge is 0.340 e. The Kier molecular flexibility index (Phi) is 5.64. The van der Waals surface area contributed by atoms with E-state index in [0.717, 1.165) is 16.8 Å². The normalized spacial score (nSPS) is 15.4. The van der Waals surface area contributed by atoms with Crippen molar-refractivity contribution in [3.8, 4) is 0 Å². The summed E-state index contributed by atoms with van der Waals surface area (Å²) in [6.07, 6.45) is 1.75. The molecule has 0 fully saturated rings. The number of carbonyl (C=O) groups is 2. The van der Waals surface area contributed by atoms with Crippen LogP contribution in [0.2, 0.25) is 0 Å². The van der Waals surface area contributed by atoms with Crippen LogP contribution in [0.5, 0.6) is 0 Å². The Morgan fingerprint density at radius 1 is 1.07 bits per heavy atom. The van der Waals surface area contributed by atoms with Gasteiger partial charge >= 0.3 is 5.97 Å². The van der Waals surface area contributed by atoms with Crippen molar-refractivity contribution in [2.24, 2.45) is 0 Å². The van der Waals surface area contributed by atoms with Gasteiger partial charge in [-0.15, -0.1) is 0 Å². The molecule has 2 aromatic carbocycles. The summed E-state index contributed by atoms with van der Waals surface area (Å²) in [6, 6.07) is 17.5. The number of carbonyl (C=O) groups excluding carboxylic acids is 2. The maximum absolute atomic E-state index is 13.1. The SMILES string of the molecule is COC(=O)C1=C(C)N(Cc2ccccc2)C(=O)/C1=C\c1ccc(N(C)C)cc1. The van der Waals surface area contributed by atoms with Crippen LogP contribution in [0.4, 0.5) is 5.69 Å². The Balaban J connectivity index is 1.99. The van der Waals surface area contributed by atoms with Crippen LogP contribution < -0.4 is 4.90 Å². The number of hydrogen-bond donors (Lipinski definition) is 0. The Labute approximate surface area is 165 Å². The predicted octanol–water partition coefficient (Wildman–Crippen LogP) is 3.63. The van der Waals surface area contributed by atoms with Gasteiger partial charge in [-0.2, -0.15) is 0 Å². The number of nitrogens with zero attached hydrogens (tertiary/aromatic N) is 2. The fourth-order valence-corrected chi connectivity index (χ4v) is 3.22. The van der Waals surface area contributed by atoms with Gasteiger partial charge in [0.2, 0.25) is 0 Å². The lowest BCUT2D eigenvalue weighted by Gasteiger charge is -2.17. The van der Waals surface area contributed by atoms with Crippen LogP contribution in [0, 0.1) is 0 Å². The van der Waals surface area contributed by atoms with Crippen molar-refractivity contribution in [3.63, 3.8) is 0 Å². The van der Waals surface area contributed by atoms with Gasteiger partial charge in [0.1, 0.15) is 0 Å². The second-order valence-electron chi connectivity index (χ2n) is 6.87. The number of amides is 1. The van der Waals surface area contributed by atoms with E-state index in [1.54, 1.807) is 17.9 Å². The van der Waals surface area contributed by atoms with Gasteiger partial charge in [-0.05, 0) is 36.3 Å². The van der Waals surface area contributed by atoms with E-state index >= 15 is 0 Å². The average Bonchev–Trinajstić information content (AvgIpc) is 2.93. The molecule has 0 N–H and O–H groups in total. The zero-order valence-corrected chi connectivity index (χ0v) is 16.6. The van der Waals surface area contributed by atoms with E-state index in [1.807, 2.05) is 73.6 Å². The van der Waals surface area contributed by atoms with Crippen LogP contribution in [0.25, 0.3) is 6.08 Å². The van der Waals surface area contributed by atoms with Crippen molar-refractivity contribution in [1.82, 2.24) is 4.90 Å².